The molecule has 0 atom stereocenters. The Labute approximate surface area is 78.1 Å². The molecule has 0 bridgehead atoms. The zero-order valence-electron chi connectivity index (χ0n) is 7.74. The van der Waals surface area contributed by atoms with Gasteiger partial charge in [0.25, 0.3) is 0 Å². The molecule has 2 heteroatoms. The van der Waals surface area contributed by atoms with Gasteiger partial charge in [0, 0.05) is 0 Å². The summed E-state index contributed by atoms with van der Waals surface area (Å²) < 4.78 is 2.14. The van der Waals surface area contributed by atoms with Crippen LogP contribution in [0.3, 0.4) is 0 Å². The normalized spacial score (nSPS) is 9.58. The van der Waals surface area contributed by atoms with Gasteiger partial charge < -0.3 is 0 Å². The van der Waals surface area contributed by atoms with Crippen molar-refractivity contribution < 1.29 is 4.58 Å². The van der Waals surface area contributed by atoms with Crippen molar-refractivity contribution in [1.82, 2.24) is 0 Å². The summed E-state index contributed by atoms with van der Waals surface area (Å²) >= 11 is 1.77. The number of benzene rings is 1. The van der Waals surface area contributed by atoms with Gasteiger partial charge >= 0.3 is 0 Å². The third-order valence-electron chi connectivity index (χ3n) is 1.62. The van der Waals surface area contributed by atoms with Crippen LogP contribution in [0.25, 0.3) is 0 Å². The van der Waals surface area contributed by atoms with Crippen molar-refractivity contribution in [2.45, 2.75) is 0 Å². The Morgan fingerprint density at radius 2 is 1.75 bits per heavy atom. The van der Waals surface area contributed by atoms with Crippen molar-refractivity contribution in [3.05, 3.63) is 35.9 Å². The summed E-state index contributed by atoms with van der Waals surface area (Å²) in [5.74, 6) is 0. The van der Waals surface area contributed by atoms with Crippen molar-refractivity contribution in [2.75, 3.05) is 20.4 Å². The molecule has 1 aromatic rings. The van der Waals surface area contributed by atoms with Crippen molar-refractivity contribution in [3.8, 4) is 0 Å². The second-order valence-electron chi connectivity index (χ2n) is 2.77. The van der Waals surface area contributed by atoms with E-state index in [9.17, 15) is 0 Å². The Hall–Kier alpha value is -0.760. The fourth-order valence-electron chi connectivity index (χ4n) is 1.14. The van der Waals surface area contributed by atoms with E-state index in [-0.39, 0.29) is 0 Å². The summed E-state index contributed by atoms with van der Waals surface area (Å²) in [5.41, 5.74) is 1.29. The van der Waals surface area contributed by atoms with Crippen LogP contribution < -0.4 is 0 Å². The first kappa shape index (κ1) is 9.33. The Morgan fingerprint density at radius 1 is 1.17 bits per heavy atom. The molecule has 0 heterocycles. The van der Waals surface area contributed by atoms with E-state index in [0.717, 1.165) is 0 Å². The average Bonchev–Trinajstić information content (AvgIpc) is 2.07. The van der Waals surface area contributed by atoms with E-state index in [4.69, 9.17) is 0 Å². The summed E-state index contributed by atoms with van der Waals surface area (Å²) in [7, 11) is 4.14. The first-order valence-electron chi connectivity index (χ1n) is 3.89. The molecule has 0 radical (unpaired) electrons. The lowest BCUT2D eigenvalue weighted by Gasteiger charge is -1.99. The maximum absolute atomic E-state index is 2.14. The van der Waals surface area contributed by atoms with Gasteiger partial charge in [-0.2, -0.15) is 0 Å². The molecule has 0 aliphatic rings. The van der Waals surface area contributed by atoms with E-state index in [1.165, 1.54) is 10.6 Å². The topological polar surface area (TPSA) is 3.01 Å². The molecule has 64 valence electrons. The molecule has 0 aliphatic carbocycles. The lowest BCUT2D eigenvalue weighted by atomic mass is 10.2. The third-order valence-corrected chi connectivity index (χ3v) is 2.61. The highest BCUT2D eigenvalue weighted by Crippen LogP contribution is 2.09. The fraction of sp³-hybridized carbons (Fsp3) is 0.300. The van der Waals surface area contributed by atoms with E-state index in [2.05, 4.69) is 49.2 Å². The molecule has 0 N–H and O–H groups in total. The Bertz CT molecular complexity index is 273. The van der Waals surface area contributed by atoms with Gasteiger partial charge in [0.1, 0.15) is 14.1 Å². The largest absolute Gasteiger partial charge is 0.241 e. The number of rotatable bonds is 1. The van der Waals surface area contributed by atoms with Gasteiger partial charge in [0.2, 0.25) is 5.04 Å². The molecule has 0 fully saturated rings. The molecule has 1 rings (SSSR count). The minimum atomic E-state index is 1.29. The fourth-order valence-corrected chi connectivity index (χ4v) is 1.88. The van der Waals surface area contributed by atoms with E-state index in [1.807, 2.05) is 6.07 Å². The number of thioether (sulfide) groups is 1. The van der Waals surface area contributed by atoms with Crippen LogP contribution in [-0.2, 0) is 0 Å². The number of hydrogen-bond acceptors (Lipinski definition) is 1. The smallest absolute Gasteiger partial charge is 0.229 e. The van der Waals surface area contributed by atoms with Gasteiger partial charge in [-0.25, -0.2) is 4.58 Å². The summed E-state index contributed by atoms with van der Waals surface area (Å²) in [6.45, 7) is 0. The van der Waals surface area contributed by atoms with E-state index < -0.39 is 0 Å². The Morgan fingerprint density at radius 3 is 2.17 bits per heavy atom. The first-order valence-corrected chi connectivity index (χ1v) is 5.12. The zero-order valence-corrected chi connectivity index (χ0v) is 8.56. The minimum absolute atomic E-state index is 1.29. The van der Waals surface area contributed by atoms with Crippen LogP contribution in [0.2, 0.25) is 0 Å². The quantitative estimate of drug-likeness (QED) is 0.363. The van der Waals surface area contributed by atoms with Crippen molar-refractivity contribution in [1.29, 1.82) is 0 Å². The molecule has 0 saturated heterocycles. The standard InChI is InChI=1S/C10H14NS/c1-11(2)10(12-3)9-7-5-4-6-8-9/h4-8H,1-3H3/q+1. The lowest BCUT2D eigenvalue weighted by Crippen LogP contribution is -2.10. The summed E-state index contributed by atoms with van der Waals surface area (Å²) in [4.78, 5) is 0. The highest BCUT2D eigenvalue weighted by Gasteiger charge is 2.07. The highest BCUT2D eigenvalue weighted by molar-refractivity contribution is 8.13. The molecule has 12 heavy (non-hydrogen) atoms. The predicted octanol–water partition coefficient (Wildman–Crippen LogP) is 2.07. The molecular formula is C10H14NS+. The first-order chi connectivity index (χ1) is 5.75. The second kappa shape index (κ2) is 4.31. The Kier molecular flexibility index (Phi) is 3.35. The number of hydrogen-bond donors (Lipinski definition) is 0. The maximum atomic E-state index is 2.14. The lowest BCUT2D eigenvalue weighted by molar-refractivity contribution is -0.460. The second-order valence-corrected chi connectivity index (χ2v) is 3.56. The van der Waals surface area contributed by atoms with Crippen LogP contribution in [0.5, 0.6) is 0 Å². The van der Waals surface area contributed by atoms with Crippen LogP contribution in [-0.4, -0.2) is 30.0 Å². The number of nitrogens with zero attached hydrogens (tertiary/aromatic N) is 1. The Balaban J connectivity index is 3.05. The summed E-state index contributed by atoms with van der Waals surface area (Å²) in [6.07, 6.45) is 2.10. The molecule has 0 aliphatic heterocycles. The third kappa shape index (κ3) is 2.11. The molecule has 0 spiro atoms. The zero-order chi connectivity index (χ0) is 8.97. The van der Waals surface area contributed by atoms with Gasteiger partial charge in [-0.05, 0) is 18.4 Å². The van der Waals surface area contributed by atoms with Gasteiger partial charge in [0.05, 0.1) is 5.56 Å². The highest BCUT2D eigenvalue weighted by atomic mass is 32.2. The van der Waals surface area contributed by atoms with Gasteiger partial charge in [-0.3, -0.25) is 0 Å². The van der Waals surface area contributed by atoms with Crippen LogP contribution in [0.1, 0.15) is 5.56 Å². The predicted molar refractivity (Wildman–Crippen MR) is 56.2 cm³/mol. The van der Waals surface area contributed by atoms with E-state index in [0.29, 0.717) is 0 Å². The molecule has 1 nitrogen and oxygen atoms in total. The van der Waals surface area contributed by atoms with Gasteiger partial charge in [-0.1, -0.05) is 30.0 Å². The van der Waals surface area contributed by atoms with Crippen LogP contribution in [0.15, 0.2) is 30.3 Å². The van der Waals surface area contributed by atoms with Crippen molar-refractivity contribution in [3.63, 3.8) is 0 Å². The van der Waals surface area contributed by atoms with E-state index in [1.54, 1.807) is 11.8 Å². The van der Waals surface area contributed by atoms with Crippen LogP contribution in [0.4, 0.5) is 0 Å². The monoisotopic (exact) mass is 180 g/mol. The average molecular weight is 180 g/mol. The summed E-state index contributed by atoms with van der Waals surface area (Å²) in [5, 5.41) is 1.30. The van der Waals surface area contributed by atoms with E-state index >= 15 is 0 Å². The van der Waals surface area contributed by atoms with Crippen LogP contribution >= 0.6 is 11.8 Å². The SMILES string of the molecule is CSC(c1ccccc1)=[N+](C)C. The van der Waals surface area contributed by atoms with Gasteiger partial charge in [0.15, 0.2) is 0 Å². The summed E-state index contributed by atoms with van der Waals surface area (Å²) in [6, 6.07) is 10.4. The molecule has 0 aromatic heterocycles. The molecular weight excluding hydrogens is 166 g/mol. The van der Waals surface area contributed by atoms with Crippen LogP contribution in [0, 0.1) is 0 Å². The molecule has 0 saturated carbocycles. The molecule has 0 unspecified atom stereocenters. The maximum Gasteiger partial charge on any atom is 0.241 e. The van der Waals surface area contributed by atoms with Gasteiger partial charge in [-0.15, -0.1) is 0 Å². The molecule has 1 aromatic carbocycles. The minimum Gasteiger partial charge on any atom is -0.229 e. The molecule has 0 amide bonds. The van der Waals surface area contributed by atoms with Crippen molar-refractivity contribution >= 4 is 16.8 Å². The van der Waals surface area contributed by atoms with Crippen molar-refractivity contribution in [2.24, 2.45) is 0 Å².